The summed E-state index contributed by atoms with van der Waals surface area (Å²) in [5, 5.41) is -0.820. The van der Waals surface area contributed by atoms with Gasteiger partial charge in [-0.3, -0.25) is 8.98 Å². The molecule has 0 radical (unpaired) electrons. The summed E-state index contributed by atoms with van der Waals surface area (Å²) in [7, 11) is -3.60. The van der Waals surface area contributed by atoms with Crippen LogP contribution in [0.2, 0.25) is 0 Å². The first-order chi connectivity index (χ1) is 6.94. The van der Waals surface area contributed by atoms with Crippen molar-refractivity contribution in [3.05, 3.63) is 0 Å². The van der Waals surface area contributed by atoms with Crippen LogP contribution in [0.5, 0.6) is 0 Å². The van der Waals surface area contributed by atoms with E-state index in [0.29, 0.717) is 6.42 Å². The molecule has 0 saturated heterocycles. The quantitative estimate of drug-likeness (QED) is 0.490. The topological polar surface area (TPSA) is 69.7 Å². The van der Waals surface area contributed by atoms with E-state index in [0.717, 1.165) is 0 Å². The second kappa shape index (κ2) is 6.79. The molecule has 0 rings (SSSR count). The van der Waals surface area contributed by atoms with Crippen molar-refractivity contribution in [2.24, 2.45) is 0 Å². The van der Waals surface area contributed by atoms with Gasteiger partial charge in [-0.15, -0.1) is 0 Å². The maximum absolute atomic E-state index is 11.4. The summed E-state index contributed by atoms with van der Waals surface area (Å²) in [6.45, 7) is 4.92. The number of esters is 1. The monoisotopic (exact) mass is 238 g/mol. The summed E-state index contributed by atoms with van der Waals surface area (Å²) in [4.78, 5) is 10.8. The zero-order chi connectivity index (χ0) is 11.9. The highest BCUT2D eigenvalue weighted by Gasteiger charge is 2.22. The van der Waals surface area contributed by atoms with E-state index in [-0.39, 0.29) is 19.6 Å². The highest BCUT2D eigenvalue weighted by molar-refractivity contribution is 7.87. The van der Waals surface area contributed by atoms with Crippen LogP contribution in [-0.4, -0.2) is 32.9 Å². The number of carbonyl (C=O) groups is 1. The van der Waals surface area contributed by atoms with Crippen LogP contribution < -0.4 is 0 Å². The van der Waals surface area contributed by atoms with Crippen molar-refractivity contribution in [1.82, 2.24) is 0 Å². The van der Waals surface area contributed by atoms with Crippen LogP contribution in [0.15, 0.2) is 0 Å². The molecule has 0 aliphatic carbocycles. The third-order valence-corrected chi connectivity index (χ3v) is 3.33. The fourth-order valence-corrected chi connectivity index (χ4v) is 1.58. The summed E-state index contributed by atoms with van der Waals surface area (Å²) < 4.78 is 32.2. The van der Waals surface area contributed by atoms with Crippen LogP contribution in [0, 0.1) is 0 Å². The number of hydrogen-bond donors (Lipinski definition) is 0. The van der Waals surface area contributed by atoms with Crippen LogP contribution in [0.25, 0.3) is 0 Å². The molecule has 0 heterocycles. The lowest BCUT2D eigenvalue weighted by atomic mass is 10.5. The molecule has 0 aromatic heterocycles. The van der Waals surface area contributed by atoms with Gasteiger partial charge in [0.25, 0.3) is 10.1 Å². The Morgan fingerprint density at radius 1 is 1.33 bits per heavy atom. The number of carbonyl (C=O) groups excluding carboxylic acids is 1. The Morgan fingerprint density at radius 3 is 2.40 bits per heavy atom. The minimum absolute atomic E-state index is 0.154. The van der Waals surface area contributed by atoms with E-state index in [1.54, 1.807) is 6.92 Å². The Hall–Kier alpha value is -0.620. The van der Waals surface area contributed by atoms with Gasteiger partial charge in [-0.05, 0) is 13.3 Å². The first-order valence-electron chi connectivity index (χ1n) is 4.97. The highest BCUT2D eigenvalue weighted by atomic mass is 32.2. The molecule has 0 aliphatic rings. The second-order valence-corrected chi connectivity index (χ2v) is 5.19. The van der Waals surface area contributed by atoms with Crippen molar-refractivity contribution in [2.75, 3.05) is 13.2 Å². The average molecular weight is 238 g/mol. The molecule has 0 fully saturated rings. The molecule has 1 atom stereocenters. The largest absolute Gasteiger partial charge is 0.464 e. The molecular weight excluding hydrogens is 220 g/mol. The number of ether oxygens (including phenoxy) is 1. The molecule has 1 unspecified atom stereocenters. The van der Waals surface area contributed by atoms with E-state index in [1.807, 2.05) is 6.92 Å². The molecule has 0 aromatic carbocycles. The van der Waals surface area contributed by atoms with Gasteiger partial charge in [-0.2, -0.15) is 8.42 Å². The lowest BCUT2D eigenvalue weighted by Crippen LogP contribution is -2.27. The third kappa shape index (κ3) is 5.74. The second-order valence-electron chi connectivity index (χ2n) is 3.16. The smallest absolute Gasteiger partial charge is 0.305 e. The Balaban J connectivity index is 4.07. The fraction of sp³-hybridized carbons (Fsp3) is 0.889. The first-order valence-corrected chi connectivity index (χ1v) is 6.45. The molecule has 0 aromatic rings. The minimum atomic E-state index is -3.60. The third-order valence-electron chi connectivity index (χ3n) is 1.71. The molecule has 0 saturated carbocycles. The van der Waals surface area contributed by atoms with E-state index in [9.17, 15) is 13.2 Å². The zero-order valence-corrected chi connectivity index (χ0v) is 10.2. The van der Waals surface area contributed by atoms with E-state index in [1.165, 1.54) is 6.92 Å². The lowest BCUT2D eigenvalue weighted by molar-refractivity contribution is -0.143. The summed E-state index contributed by atoms with van der Waals surface area (Å²) in [5.41, 5.74) is 0. The van der Waals surface area contributed by atoms with Crippen LogP contribution in [0.3, 0.4) is 0 Å². The maximum atomic E-state index is 11.4. The Kier molecular flexibility index (Phi) is 6.51. The van der Waals surface area contributed by atoms with Crippen LogP contribution >= 0.6 is 0 Å². The van der Waals surface area contributed by atoms with E-state index in [2.05, 4.69) is 4.18 Å². The van der Waals surface area contributed by atoms with Crippen molar-refractivity contribution in [3.63, 3.8) is 0 Å². The molecule has 0 amide bonds. The molecular formula is C9H18O5S. The minimum Gasteiger partial charge on any atom is -0.464 e. The van der Waals surface area contributed by atoms with Gasteiger partial charge in [0, 0.05) is 6.42 Å². The molecule has 0 aliphatic heterocycles. The Morgan fingerprint density at radius 2 is 1.93 bits per heavy atom. The molecule has 15 heavy (non-hydrogen) atoms. The van der Waals surface area contributed by atoms with Crippen molar-refractivity contribution >= 4 is 16.1 Å². The number of rotatable bonds is 7. The van der Waals surface area contributed by atoms with Crippen LogP contribution in [-0.2, 0) is 23.8 Å². The van der Waals surface area contributed by atoms with E-state index >= 15 is 0 Å². The molecule has 6 heteroatoms. The summed E-state index contributed by atoms with van der Waals surface area (Å²) in [6.07, 6.45) is 0.864. The van der Waals surface area contributed by atoms with Gasteiger partial charge in [0.2, 0.25) is 0 Å². The van der Waals surface area contributed by atoms with E-state index in [4.69, 9.17) is 4.74 Å². The summed E-state index contributed by atoms with van der Waals surface area (Å²) in [5.74, 6) is -0.410. The lowest BCUT2D eigenvalue weighted by Gasteiger charge is -2.12. The van der Waals surface area contributed by atoms with Gasteiger partial charge in [0.1, 0.15) is 11.9 Å². The highest BCUT2D eigenvalue weighted by Crippen LogP contribution is 2.05. The molecule has 5 nitrogen and oxygen atoms in total. The van der Waals surface area contributed by atoms with Crippen LogP contribution in [0.1, 0.15) is 33.6 Å². The predicted molar refractivity (Wildman–Crippen MR) is 55.9 cm³/mol. The van der Waals surface area contributed by atoms with Crippen molar-refractivity contribution in [3.8, 4) is 0 Å². The van der Waals surface area contributed by atoms with Gasteiger partial charge < -0.3 is 4.74 Å². The SMILES string of the molecule is CCCOS(=O)(=O)C(C)COC(=O)CC. The van der Waals surface area contributed by atoms with E-state index < -0.39 is 21.3 Å². The van der Waals surface area contributed by atoms with Gasteiger partial charge in [-0.1, -0.05) is 13.8 Å². The zero-order valence-electron chi connectivity index (χ0n) is 9.36. The maximum Gasteiger partial charge on any atom is 0.305 e. The Bertz CT molecular complexity index is 283. The molecule has 0 spiro atoms. The Labute approximate surface area is 90.9 Å². The average Bonchev–Trinajstić information content (AvgIpc) is 2.22. The summed E-state index contributed by atoms with van der Waals surface area (Å²) in [6, 6.07) is 0. The van der Waals surface area contributed by atoms with Gasteiger partial charge in [-0.25, -0.2) is 0 Å². The molecule has 90 valence electrons. The van der Waals surface area contributed by atoms with Gasteiger partial charge in [0.05, 0.1) is 6.61 Å². The van der Waals surface area contributed by atoms with Crippen LogP contribution in [0.4, 0.5) is 0 Å². The summed E-state index contributed by atoms with van der Waals surface area (Å²) >= 11 is 0. The molecule has 0 bridgehead atoms. The van der Waals surface area contributed by atoms with Crippen molar-refractivity contribution in [1.29, 1.82) is 0 Å². The number of hydrogen-bond acceptors (Lipinski definition) is 5. The van der Waals surface area contributed by atoms with Crippen molar-refractivity contribution < 1.29 is 22.1 Å². The normalized spacial score (nSPS) is 13.5. The predicted octanol–water partition coefficient (Wildman–Crippen LogP) is 1.08. The fourth-order valence-electron chi connectivity index (χ4n) is 0.711. The molecule has 0 N–H and O–H groups in total. The van der Waals surface area contributed by atoms with Gasteiger partial charge in [0.15, 0.2) is 0 Å². The standard InChI is InChI=1S/C9H18O5S/c1-4-6-14-15(11,12)8(3)7-13-9(10)5-2/h8H,4-7H2,1-3H3. The first kappa shape index (κ1) is 14.4. The van der Waals surface area contributed by atoms with Crippen molar-refractivity contribution in [2.45, 2.75) is 38.9 Å². The van der Waals surface area contributed by atoms with Gasteiger partial charge >= 0.3 is 5.97 Å².